The van der Waals surface area contributed by atoms with Crippen LogP contribution < -0.4 is 35.3 Å². The largest absolute Gasteiger partial charge is 1.00 e. The van der Waals surface area contributed by atoms with Gasteiger partial charge in [-0.2, -0.15) is 0 Å². The summed E-state index contributed by atoms with van der Waals surface area (Å²) in [6.45, 7) is 0. The maximum absolute atomic E-state index is 10.3. The first-order valence-electron chi connectivity index (χ1n) is 2.93. The summed E-state index contributed by atoms with van der Waals surface area (Å²) >= 11 is 0. The predicted molar refractivity (Wildman–Crippen MR) is 46.7 cm³/mol. The van der Waals surface area contributed by atoms with Crippen LogP contribution in [0.1, 0.15) is 10.4 Å². The second-order valence-electron chi connectivity index (χ2n) is 2.08. The van der Waals surface area contributed by atoms with Crippen LogP contribution >= 0.6 is 0 Å². The molecule has 6 nitrogen and oxygen atoms in total. The first-order valence-corrected chi connectivity index (χ1v) is 2.93. The van der Waals surface area contributed by atoms with Gasteiger partial charge in [-0.1, -0.05) is 0 Å². The summed E-state index contributed by atoms with van der Waals surface area (Å²) in [7, 11) is 0. The SMILES string of the molecule is Nc1ccc(C(=O)O)c(O)c1.O.O.[Na+]. The molecule has 7 heteroatoms. The van der Waals surface area contributed by atoms with Gasteiger partial charge in [-0.05, 0) is 12.1 Å². The van der Waals surface area contributed by atoms with E-state index in [-0.39, 0.29) is 51.8 Å². The smallest absolute Gasteiger partial charge is 0.507 e. The van der Waals surface area contributed by atoms with Gasteiger partial charge in [0.2, 0.25) is 0 Å². The molecule has 74 valence electrons. The van der Waals surface area contributed by atoms with Crippen LogP contribution in [0.2, 0.25) is 0 Å². The Morgan fingerprint density at radius 3 is 2.14 bits per heavy atom. The van der Waals surface area contributed by atoms with Crippen molar-refractivity contribution in [3.05, 3.63) is 23.8 Å². The van der Waals surface area contributed by atoms with Gasteiger partial charge >= 0.3 is 35.5 Å². The van der Waals surface area contributed by atoms with Crippen molar-refractivity contribution in [2.45, 2.75) is 0 Å². The summed E-state index contributed by atoms with van der Waals surface area (Å²) in [5.41, 5.74) is 5.48. The second kappa shape index (κ2) is 7.60. The Morgan fingerprint density at radius 2 is 1.79 bits per heavy atom. The third kappa shape index (κ3) is 4.45. The molecule has 0 radical (unpaired) electrons. The van der Waals surface area contributed by atoms with Crippen molar-refractivity contribution in [1.29, 1.82) is 0 Å². The Hall–Kier alpha value is -0.790. The number of aromatic hydroxyl groups is 1. The number of nitrogens with two attached hydrogens (primary N) is 1. The van der Waals surface area contributed by atoms with Crippen molar-refractivity contribution in [3.63, 3.8) is 0 Å². The number of carboxylic acids is 1. The first kappa shape index (κ1) is 18.9. The van der Waals surface area contributed by atoms with Gasteiger partial charge in [0, 0.05) is 11.8 Å². The molecule has 1 rings (SSSR count). The van der Waals surface area contributed by atoms with Crippen LogP contribution in [0.15, 0.2) is 18.2 Å². The molecule has 1 aromatic rings. The topological polar surface area (TPSA) is 147 Å². The molecule has 0 bridgehead atoms. The maximum atomic E-state index is 10.3. The van der Waals surface area contributed by atoms with Crippen LogP contribution in [0, 0.1) is 0 Å². The van der Waals surface area contributed by atoms with E-state index in [4.69, 9.17) is 15.9 Å². The first-order chi connectivity index (χ1) is 5.11. The zero-order chi connectivity index (χ0) is 8.43. The Kier molecular flexibility index (Phi) is 10.3. The fourth-order valence-electron chi connectivity index (χ4n) is 0.730. The van der Waals surface area contributed by atoms with Crippen molar-refractivity contribution in [1.82, 2.24) is 0 Å². The van der Waals surface area contributed by atoms with Gasteiger partial charge in [0.25, 0.3) is 0 Å². The molecule has 0 fully saturated rings. The Balaban J connectivity index is -0.000000403. The zero-order valence-electron chi connectivity index (χ0n) is 7.61. The molecule has 14 heavy (non-hydrogen) atoms. The molecule has 0 aliphatic rings. The average Bonchev–Trinajstić information content (AvgIpc) is 1.85. The van der Waals surface area contributed by atoms with Gasteiger partial charge in [0.05, 0.1) is 0 Å². The Labute approximate surface area is 102 Å². The molecule has 0 saturated carbocycles. The molecule has 0 unspecified atom stereocenters. The van der Waals surface area contributed by atoms with Gasteiger partial charge < -0.3 is 26.9 Å². The van der Waals surface area contributed by atoms with Crippen LogP contribution in [0.5, 0.6) is 5.75 Å². The molecule has 0 heterocycles. The van der Waals surface area contributed by atoms with Gasteiger partial charge in [0.15, 0.2) is 0 Å². The number of hydrogen-bond acceptors (Lipinski definition) is 3. The number of benzene rings is 1. The number of carbonyl (C=O) groups is 1. The van der Waals surface area contributed by atoms with Crippen LogP contribution in [-0.2, 0) is 0 Å². The molecular formula is C7H11NNaO5+. The predicted octanol–water partition coefficient (Wildman–Crippen LogP) is -3.97. The molecule has 8 N–H and O–H groups in total. The van der Waals surface area contributed by atoms with Gasteiger partial charge in [-0.25, -0.2) is 4.79 Å². The minimum Gasteiger partial charge on any atom is -0.507 e. The maximum Gasteiger partial charge on any atom is 1.00 e. The number of aromatic carboxylic acids is 1. The number of carboxylic acid groups (broad SMARTS) is 1. The van der Waals surface area contributed by atoms with Crippen molar-refractivity contribution < 1.29 is 55.5 Å². The van der Waals surface area contributed by atoms with E-state index in [0.29, 0.717) is 5.69 Å². The summed E-state index contributed by atoms with van der Waals surface area (Å²) in [5, 5.41) is 17.5. The summed E-state index contributed by atoms with van der Waals surface area (Å²) in [5.74, 6) is -1.47. The van der Waals surface area contributed by atoms with Crippen molar-refractivity contribution >= 4 is 11.7 Å². The number of rotatable bonds is 1. The van der Waals surface area contributed by atoms with Crippen molar-refractivity contribution in [2.24, 2.45) is 0 Å². The van der Waals surface area contributed by atoms with Crippen LogP contribution in [0.25, 0.3) is 0 Å². The summed E-state index contributed by atoms with van der Waals surface area (Å²) in [4.78, 5) is 10.3. The summed E-state index contributed by atoms with van der Waals surface area (Å²) < 4.78 is 0. The van der Waals surface area contributed by atoms with Crippen LogP contribution in [0.3, 0.4) is 0 Å². The monoisotopic (exact) mass is 212 g/mol. The quantitative estimate of drug-likeness (QED) is 0.321. The molecule has 0 aliphatic carbocycles. The molecular weight excluding hydrogens is 201 g/mol. The minimum absolute atomic E-state index is 0. The molecule has 1 aromatic carbocycles. The van der Waals surface area contributed by atoms with Crippen molar-refractivity contribution in [2.75, 3.05) is 5.73 Å². The third-order valence-corrected chi connectivity index (χ3v) is 1.25. The van der Waals surface area contributed by atoms with E-state index in [1.54, 1.807) is 0 Å². The molecule has 0 aliphatic heterocycles. The molecule has 0 aromatic heterocycles. The Bertz CT molecular complexity index is 304. The van der Waals surface area contributed by atoms with Gasteiger partial charge in [-0.15, -0.1) is 0 Å². The fourth-order valence-corrected chi connectivity index (χ4v) is 0.730. The number of phenols is 1. The molecule has 0 saturated heterocycles. The zero-order valence-corrected chi connectivity index (χ0v) is 9.61. The second-order valence-corrected chi connectivity index (χ2v) is 2.08. The van der Waals surface area contributed by atoms with E-state index in [2.05, 4.69) is 0 Å². The Morgan fingerprint density at radius 1 is 1.29 bits per heavy atom. The van der Waals surface area contributed by atoms with Crippen LogP contribution in [0.4, 0.5) is 5.69 Å². The molecule has 0 amide bonds. The molecule has 0 spiro atoms. The average molecular weight is 212 g/mol. The van der Waals surface area contributed by atoms with E-state index < -0.39 is 5.97 Å². The van der Waals surface area contributed by atoms with E-state index in [0.717, 1.165) is 0 Å². The third-order valence-electron chi connectivity index (χ3n) is 1.25. The summed E-state index contributed by atoms with van der Waals surface area (Å²) in [6.07, 6.45) is 0. The fraction of sp³-hybridized carbons (Fsp3) is 0. The van der Waals surface area contributed by atoms with Crippen LogP contribution in [-0.4, -0.2) is 27.1 Å². The molecule has 0 atom stereocenters. The number of hydrogen-bond donors (Lipinski definition) is 3. The van der Waals surface area contributed by atoms with Gasteiger partial charge in [0.1, 0.15) is 11.3 Å². The standard InChI is InChI=1S/C7H7NO3.Na.2H2O/c8-4-1-2-5(7(10)11)6(9)3-4;;;/h1-3,9H,8H2,(H,10,11);;2*1H2/q;+1;;. The summed E-state index contributed by atoms with van der Waals surface area (Å²) in [6, 6.07) is 3.87. The van der Waals surface area contributed by atoms with E-state index >= 15 is 0 Å². The van der Waals surface area contributed by atoms with E-state index in [9.17, 15) is 4.79 Å². The normalized spacial score (nSPS) is 7.43. The number of anilines is 1. The van der Waals surface area contributed by atoms with E-state index in [1.807, 2.05) is 0 Å². The van der Waals surface area contributed by atoms with E-state index in [1.165, 1.54) is 18.2 Å². The van der Waals surface area contributed by atoms with Gasteiger partial charge in [-0.3, -0.25) is 0 Å². The minimum atomic E-state index is -1.16. The number of nitrogen functional groups attached to an aromatic ring is 1. The van der Waals surface area contributed by atoms with Crippen molar-refractivity contribution in [3.8, 4) is 5.75 Å².